The first-order chi connectivity index (χ1) is 9.51. The third-order valence-electron chi connectivity index (χ3n) is 2.54. The molecule has 0 fully saturated rings. The molecule has 0 unspecified atom stereocenters. The van der Waals surface area contributed by atoms with Gasteiger partial charge in [0.1, 0.15) is 10.6 Å². The normalized spacial score (nSPS) is 10.1. The number of rotatable bonds is 4. The molecule has 0 radical (unpaired) electrons. The van der Waals surface area contributed by atoms with E-state index in [1.165, 1.54) is 42.8 Å². The predicted molar refractivity (Wildman–Crippen MR) is 74.8 cm³/mol. The van der Waals surface area contributed by atoms with E-state index in [-0.39, 0.29) is 11.5 Å². The SMILES string of the molecule is COc1ccc(C(=O)O)cc1NC(=O)c1cnc(C)s1. The Balaban J connectivity index is 2.29. The summed E-state index contributed by atoms with van der Waals surface area (Å²) in [5, 5.41) is 12.4. The van der Waals surface area contributed by atoms with Gasteiger partial charge >= 0.3 is 5.97 Å². The van der Waals surface area contributed by atoms with Crippen molar-refractivity contribution in [3.8, 4) is 5.75 Å². The van der Waals surface area contributed by atoms with Gasteiger partial charge in [-0.3, -0.25) is 4.79 Å². The number of nitrogens with zero attached hydrogens (tertiary/aromatic N) is 1. The minimum absolute atomic E-state index is 0.0709. The van der Waals surface area contributed by atoms with Crippen LogP contribution in [-0.4, -0.2) is 29.1 Å². The lowest BCUT2D eigenvalue weighted by Gasteiger charge is -2.10. The summed E-state index contributed by atoms with van der Waals surface area (Å²) in [6.07, 6.45) is 1.48. The Morgan fingerprint density at radius 3 is 2.70 bits per heavy atom. The Labute approximate surface area is 119 Å². The molecule has 20 heavy (non-hydrogen) atoms. The van der Waals surface area contributed by atoms with Gasteiger partial charge in [-0.05, 0) is 25.1 Å². The van der Waals surface area contributed by atoms with Crippen LogP contribution in [0.15, 0.2) is 24.4 Å². The van der Waals surface area contributed by atoms with Gasteiger partial charge < -0.3 is 15.2 Å². The highest BCUT2D eigenvalue weighted by atomic mass is 32.1. The summed E-state index contributed by atoms with van der Waals surface area (Å²) in [5.74, 6) is -1.03. The number of ether oxygens (including phenoxy) is 1. The monoisotopic (exact) mass is 292 g/mol. The lowest BCUT2D eigenvalue weighted by Crippen LogP contribution is -2.12. The molecule has 0 atom stereocenters. The molecule has 2 aromatic rings. The minimum Gasteiger partial charge on any atom is -0.495 e. The zero-order chi connectivity index (χ0) is 14.7. The van der Waals surface area contributed by atoms with Crippen molar-refractivity contribution in [2.45, 2.75) is 6.92 Å². The van der Waals surface area contributed by atoms with Crippen molar-refractivity contribution in [2.24, 2.45) is 0 Å². The highest BCUT2D eigenvalue weighted by Gasteiger charge is 2.14. The number of benzene rings is 1. The molecule has 0 aliphatic heterocycles. The second-order valence-electron chi connectivity index (χ2n) is 3.92. The van der Waals surface area contributed by atoms with E-state index in [1.54, 1.807) is 6.92 Å². The van der Waals surface area contributed by atoms with Crippen LogP contribution in [-0.2, 0) is 0 Å². The summed E-state index contributed by atoms with van der Waals surface area (Å²) in [4.78, 5) is 27.4. The van der Waals surface area contributed by atoms with Crippen molar-refractivity contribution < 1.29 is 19.4 Å². The number of methoxy groups -OCH3 is 1. The molecular formula is C13H12N2O4S. The number of thiazole rings is 1. The standard InChI is InChI=1S/C13H12N2O4S/c1-7-14-6-11(20-7)12(16)15-9-5-8(13(17)18)3-4-10(9)19-2/h3-6H,1-2H3,(H,15,16)(H,17,18). The largest absolute Gasteiger partial charge is 0.495 e. The van der Waals surface area contributed by atoms with Crippen molar-refractivity contribution in [3.63, 3.8) is 0 Å². The van der Waals surface area contributed by atoms with Gasteiger partial charge in [0.25, 0.3) is 5.91 Å². The maximum absolute atomic E-state index is 12.0. The summed E-state index contributed by atoms with van der Waals surface area (Å²) in [7, 11) is 1.45. The maximum Gasteiger partial charge on any atom is 0.335 e. The van der Waals surface area contributed by atoms with Crippen LogP contribution in [0.3, 0.4) is 0 Å². The minimum atomic E-state index is -1.07. The number of hydrogen-bond donors (Lipinski definition) is 2. The van der Waals surface area contributed by atoms with Gasteiger partial charge in [-0.15, -0.1) is 11.3 Å². The Bertz CT molecular complexity index is 666. The van der Waals surface area contributed by atoms with E-state index < -0.39 is 5.97 Å². The summed E-state index contributed by atoms with van der Waals surface area (Å²) in [5.41, 5.74) is 0.380. The van der Waals surface area contributed by atoms with Gasteiger partial charge in [0.2, 0.25) is 0 Å². The Morgan fingerprint density at radius 2 is 2.15 bits per heavy atom. The third kappa shape index (κ3) is 2.94. The fraction of sp³-hybridized carbons (Fsp3) is 0.154. The summed E-state index contributed by atoms with van der Waals surface area (Å²) >= 11 is 1.26. The van der Waals surface area contributed by atoms with E-state index in [2.05, 4.69) is 10.3 Å². The number of anilines is 1. The lowest BCUT2D eigenvalue weighted by atomic mass is 10.2. The van der Waals surface area contributed by atoms with Crippen LogP contribution < -0.4 is 10.1 Å². The first-order valence-corrected chi connectivity index (χ1v) is 6.48. The molecule has 1 aromatic carbocycles. The molecule has 0 aliphatic carbocycles. The van der Waals surface area contributed by atoms with E-state index in [0.717, 1.165) is 5.01 Å². The maximum atomic E-state index is 12.0. The number of amides is 1. The summed E-state index contributed by atoms with van der Waals surface area (Å²) < 4.78 is 5.10. The molecule has 104 valence electrons. The van der Waals surface area contributed by atoms with Crippen LogP contribution in [0.2, 0.25) is 0 Å². The van der Waals surface area contributed by atoms with Gasteiger partial charge in [0, 0.05) is 0 Å². The summed E-state index contributed by atoms with van der Waals surface area (Å²) in [6, 6.07) is 4.26. The fourth-order valence-corrected chi connectivity index (χ4v) is 2.26. The molecule has 2 rings (SSSR count). The van der Waals surface area contributed by atoms with Gasteiger partial charge in [-0.2, -0.15) is 0 Å². The second-order valence-corrected chi connectivity index (χ2v) is 5.15. The first kappa shape index (κ1) is 14.0. The predicted octanol–water partition coefficient (Wildman–Crippen LogP) is 2.41. The van der Waals surface area contributed by atoms with Gasteiger partial charge in [0.15, 0.2) is 0 Å². The summed E-state index contributed by atoms with van der Waals surface area (Å²) in [6.45, 7) is 1.80. The van der Waals surface area contributed by atoms with Gasteiger partial charge in [-0.1, -0.05) is 0 Å². The lowest BCUT2D eigenvalue weighted by molar-refractivity contribution is 0.0696. The fourth-order valence-electron chi connectivity index (χ4n) is 1.59. The average molecular weight is 292 g/mol. The Hall–Kier alpha value is -2.41. The zero-order valence-corrected chi connectivity index (χ0v) is 11.7. The topological polar surface area (TPSA) is 88.5 Å². The van der Waals surface area contributed by atoms with E-state index in [1.807, 2.05) is 0 Å². The van der Waals surface area contributed by atoms with Crippen molar-refractivity contribution in [1.82, 2.24) is 4.98 Å². The number of carbonyl (C=O) groups is 2. The Morgan fingerprint density at radius 1 is 1.40 bits per heavy atom. The van der Waals surface area contributed by atoms with E-state index in [0.29, 0.717) is 16.3 Å². The number of hydrogen-bond acceptors (Lipinski definition) is 5. The molecule has 0 aliphatic rings. The number of aromatic carboxylic acids is 1. The average Bonchev–Trinajstić information content (AvgIpc) is 2.85. The van der Waals surface area contributed by atoms with E-state index in [9.17, 15) is 9.59 Å². The van der Waals surface area contributed by atoms with Crippen molar-refractivity contribution >= 4 is 28.9 Å². The van der Waals surface area contributed by atoms with Crippen LogP contribution in [0.1, 0.15) is 25.0 Å². The van der Waals surface area contributed by atoms with Crippen LogP contribution in [0.25, 0.3) is 0 Å². The van der Waals surface area contributed by atoms with Crippen molar-refractivity contribution in [2.75, 3.05) is 12.4 Å². The Kier molecular flexibility index (Phi) is 3.99. The molecule has 0 saturated carbocycles. The quantitative estimate of drug-likeness (QED) is 0.903. The molecule has 1 amide bonds. The molecular weight excluding hydrogens is 280 g/mol. The third-order valence-corrected chi connectivity index (χ3v) is 3.45. The van der Waals surface area contributed by atoms with Gasteiger partial charge in [-0.25, -0.2) is 9.78 Å². The second kappa shape index (κ2) is 5.70. The molecule has 1 heterocycles. The van der Waals surface area contributed by atoms with Crippen LogP contribution in [0, 0.1) is 6.92 Å². The number of carbonyl (C=O) groups excluding carboxylic acids is 1. The number of carboxylic acid groups (broad SMARTS) is 1. The van der Waals surface area contributed by atoms with Crippen molar-refractivity contribution in [3.05, 3.63) is 39.8 Å². The molecule has 0 spiro atoms. The van der Waals surface area contributed by atoms with E-state index >= 15 is 0 Å². The molecule has 7 heteroatoms. The van der Waals surface area contributed by atoms with Crippen LogP contribution >= 0.6 is 11.3 Å². The van der Waals surface area contributed by atoms with Crippen LogP contribution in [0.4, 0.5) is 5.69 Å². The molecule has 0 bridgehead atoms. The highest BCUT2D eigenvalue weighted by molar-refractivity contribution is 7.13. The molecule has 2 N–H and O–H groups in total. The molecule has 1 aromatic heterocycles. The highest BCUT2D eigenvalue weighted by Crippen LogP contribution is 2.26. The van der Waals surface area contributed by atoms with Crippen LogP contribution in [0.5, 0.6) is 5.75 Å². The zero-order valence-electron chi connectivity index (χ0n) is 10.8. The number of aromatic nitrogens is 1. The van der Waals surface area contributed by atoms with Crippen molar-refractivity contribution in [1.29, 1.82) is 0 Å². The number of carboxylic acids is 1. The molecule has 0 saturated heterocycles. The molecule has 6 nitrogen and oxygen atoms in total. The number of nitrogens with one attached hydrogen (secondary N) is 1. The first-order valence-electron chi connectivity index (χ1n) is 5.66. The van der Waals surface area contributed by atoms with E-state index in [4.69, 9.17) is 9.84 Å². The van der Waals surface area contributed by atoms with Gasteiger partial charge in [0.05, 0.1) is 29.6 Å². The smallest absolute Gasteiger partial charge is 0.335 e. The number of aryl methyl sites for hydroxylation is 1.